The van der Waals surface area contributed by atoms with Crippen LogP contribution in [0.1, 0.15) is 12.8 Å². The second-order valence-corrected chi connectivity index (χ2v) is 2.47. The predicted molar refractivity (Wildman–Crippen MR) is 43.3 cm³/mol. The van der Waals surface area contributed by atoms with Crippen LogP contribution in [0, 0.1) is 5.41 Å². The van der Waals surface area contributed by atoms with E-state index in [-0.39, 0.29) is 17.6 Å². The maximum atomic E-state index is 10.8. The Morgan fingerprint density at radius 3 is 2.83 bits per heavy atom. The molecule has 0 aromatic heterocycles. The van der Waals surface area contributed by atoms with E-state index in [1.807, 2.05) is 0 Å². The number of nitrogens with one attached hydrogen (secondary N) is 2. The minimum absolute atomic E-state index is 0.0469. The normalized spacial score (nSPS) is 21.8. The largest absolute Gasteiger partial charge is 0.482 e. The smallest absolute Gasteiger partial charge is 0.225 e. The highest BCUT2D eigenvalue weighted by atomic mass is 16.5. The molecule has 0 unspecified atom stereocenters. The van der Waals surface area contributed by atoms with E-state index in [9.17, 15) is 4.79 Å². The number of amides is 1. The van der Waals surface area contributed by atoms with Crippen LogP contribution in [0.3, 0.4) is 0 Å². The van der Waals surface area contributed by atoms with Crippen LogP contribution < -0.4 is 11.1 Å². The van der Waals surface area contributed by atoms with Crippen molar-refractivity contribution in [3.05, 3.63) is 11.5 Å². The predicted octanol–water partition coefficient (Wildman–Crippen LogP) is -0.310. The van der Waals surface area contributed by atoms with Gasteiger partial charge in [0.2, 0.25) is 5.91 Å². The molecule has 0 spiro atoms. The number of hydrogen-bond donors (Lipinski definition) is 3. The lowest BCUT2D eigenvalue weighted by atomic mass is 10.1. The Hall–Kier alpha value is -1.52. The van der Waals surface area contributed by atoms with Gasteiger partial charge in [-0.3, -0.25) is 10.2 Å². The van der Waals surface area contributed by atoms with Gasteiger partial charge < -0.3 is 15.8 Å². The quantitative estimate of drug-likeness (QED) is 0.470. The highest BCUT2D eigenvalue weighted by Gasteiger charge is 2.20. The van der Waals surface area contributed by atoms with Crippen LogP contribution in [-0.2, 0) is 9.53 Å². The summed E-state index contributed by atoms with van der Waals surface area (Å²) in [6.07, 6.45) is 0.839. The van der Waals surface area contributed by atoms with Gasteiger partial charge >= 0.3 is 0 Å². The number of rotatable bonds is 1. The number of carbonyl (C=O) groups excluding carboxylic acids is 1. The third-order valence-electron chi connectivity index (χ3n) is 1.69. The summed E-state index contributed by atoms with van der Waals surface area (Å²) in [4.78, 5) is 10.8. The summed E-state index contributed by atoms with van der Waals surface area (Å²) >= 11 is 0. The molecule has 0 aromatic carbocycles. The van der Waals surface area contributed by atoms with Crippen molar-refractivity contribution in [1.82, 2.24) is 5.32 Å². The number of carbonyl (C=O) groups is 1. The topological polar surface area (TPSA) is 88.2 Å². The Balaban J connectivity index is 2.81. The van der Waals surface area contributed by atoms with E-state index in [0.717, 1.165) is 0 Å². The minimum atomic E-state index is -0.146. The average molecular weight is 169 g/mol. The maximum Gasteiger partial charge on any atom is 0.225 e. The average Bonchev–Trinajstić information content (AvgIpc) is 2.03. The zero-order valence-electron chi connectivity index (χ0n) is 6.81. The number of amidine groups is 1. The molecule has 5 heteroatoms. The molecular formula is C7H11N3O2. The fourth-order valence-corrected chi connectivity index (χ4v) is 1.01. The van der Waals surface area contributed by atoms with Crippen molar-refractivity contribution >= 4 is 11.7 Å². The van der Waals surface area contributed by atoms with E-state index in [1.165, 1.54) is 7.11 Å². The van der Waals surface area contributed by atoms with Gasteiger partial charge in [-0.2, -0.15) is 0 Å². The van der Waals surface area contributed by atoms with Gasteiger partial charge in [-0.25, -0.2) is 0 Å². The van der Waals surface area contributed by atoms with E-state index in [0.29, 0.717) is 18.4 Å². The molecule has 66 valence electrons. The molecule has 1 aliphatic heterocycles. The van der Waals surface area contributed by atoms with Crippen molar-refractivity contribution in [2.24, 2.45) is 5.73 Å². The fourth-order valence-electron chi connectivity index (χ4n) is 1.01. The second-order valence-electron chi connectivity index (χ2n) is 2.47. The molecule has 0 radical (unpaired) electrons. The number of hydrogen-bond acceptors (Lipinski definition) is 4. The Kier molecular flexibility index (Phi) is 2.32. The molecule has 5 nitrogen and oxygen atoms in total. The van der Waals surface area contributed by atoms with Gasteiger partial charge in [0.25, 0.3) is 0 Å². The number of nitrogens with two attached hydrogens (primary N) is 1. The summed E-state index contributed by atoms with van der Waals surface area (Å²) in [5.74, 6) is 0.109. The van der Waals surface area contributed by atoms with Crippen LogP contribution in [0.5, 0.6) is 0 Å². The fraction of sp³-hybridized carbons (Fsp3) is 0.429. The van der Waals surface area contributed by atoms with Gasteiger partial charge in [-0.05, 0) is 6.42 Å². The molecule has 1 fully saturated rings. The molecule has 0 saturated carbocycles. The zero-order chi connectivity index (χ0) is 9.14. The lowest BCUT2D eigenvalue weighted by Crippen LogP contribution is -2.37. The Morgan fingerprint density at radius 1 is 1.67 bits per heavy atom. The minimum Gasteiger partial charge on any atom is -0.482 e. The van der Waals surface area contributed by atoms with Gasteiger partial charge in [-0.1, -0.05) is 0 Å². The molecule has 0 bridgehead atoms. The van der Waals surface area contributed by atoms with Crippen molar-refractivity contribution in [3.8, 4) is 0 Å². The summed E-state index contributed by atoms with van der Waals surface area (Å²) in [5, 5.41) is 9.73. The molecule has 0 atom stereocenters. The van der Waals surface area contributed by atoms with Crippen LogP contribution in [0.4, 0.5) is 0 Å². The maximum absolute atomic E-state index is 10.8. The van der Waals surface area contributed by atoms with Gasteiger partial charge in [0, 0.05) is 6.42 Å². The first-order valence-corrected chi connectivity index (χ1v) is 3.56. The van der Waals surface area contributed by atoms with E-state index >= 15 is 0 Å². The summed E-state index contributed by atoms with van der Waals surface area (Å²) in [6.45, 7) is 0. The lowest BCUT2D eigenvalue weighted by molar-refractivity contribution is -0.119. The van der Waals surface area contributed by atoms with Gasteiger partial charge in [0.1, 0.15) is 5.84 Å². The Bertz CT molecular complexity index is 257. The van der Waals surface area contributed by atoms with Crippen LogP contribution in [-0.4, -0.2) is 18.9 Å². The second kappa shape index (κ2) is 3.25. The zero-order valence-corrected chi connectivity index (χ0v) is 6.81. The summed E-state index contributed by atoms with van der Waals surface area (Å²) in [7, 11) is 1.44. The van der Waals surface area contributed by atoms with Gasteiger partial charge in [-0.15, -0.1) is 0 Å². The molecule has 1 rings (SSSR count). The van der Waals surface area contributed by atoms with Crippen LogP contribution >= 0.6 is 0 Å². The summed E-state index contributed by atoms with van der Waals surface area (Å²) in [5.41, 5.74) is 6.02. The number of ether oxygens (including phenoxy) is 1. The highest BCUT2D eigenvalue weighted by molar-refractivity contribution is 6.08. The van der Waals surface area contributed by atoms with Crippen LogP contribution in [0.2, 0.25) is 0 Å². The van der Waals surface area contributed by atoms with Gasteiger partial charge in [0.15, 0.2) is 5.88 Å². The Morgan fingerprint density at radius 2 is 2.33 bits per heavy atom. The highest BCUT2D eigenvalue weighted by Crippen LogP contribution is 2.13. The van der Waals surface area contributed by atoms with Gasteiger partial charge in [0.05, 0.1) is 12.7 Å². The first kappa shape index (κ1) is 8.58. The first-order chi connectivity index (χ1) is 5.65. The lowest BCUT2D eigenvalue weighted by Gasteiger charge is -2.17. The van der Waals surface area contributed by atoms with Crippen molar-refractivity contribution in [1.29, 1.82) is 5.41 Å². The summed E-state index contributed by atoms with van der Waals surface area (Å²) in [6, 6.07) is 0. The first-order valence-electron chi connectivity index (χ1n) is 3.56. The van der Waals surface area contributed by atoms with E-state index < -0.39 is 0 Å². The van der Waals surface area contributed by atoms with Crippen molar-refractivity contribution < 1.29 is 9.53 Å². The van der Waals surface area contributed by atoms with Crippen LogP contribution in [0.25, 0.3) is 0 Å². The molecular weight excluding hydrogens is 158 g/mol. The Labute approximate surface area is 70.1 Å². The third-order valence-corrected chi connectivity index (χ3v) is 1.69. The molecule has 4 N–H and O–H groups in total. The number of methoxy groups -OCH3 is 1. The molecule has 0 aliphatic carbocycles. The molecule has 1 amide bonds. The molecule has 12 heavy (non-hydrogen) atoms. The van der Waals surface area contributed by atoms with E-state index in [2.05, 4.69) is 5.32 Å². The van der Waals surface area contributed by atoms with E-state index in [4.69, 9.17) is 15.9 Å². The third kappa shape index (κ3) is 1.55. The molecule has 0 aromatic rings. The monoisotopic (exact) mass is 169 g/mol. The van der Waals surface area contributed by atoms with Crippen molar-refractivity contribution in [2.75, 3.05) is 7.11 Å². The molecule has 1 saturated heterocycles. The summed E-state index contributed by atoms with van der Waals surface area (Å²) < 4.78 is 4.76. The molecule has 1 heterocycles. The standard InChI is InChI=1S/C7H11N3O2/c1-12-7(9)4-2-3-5(11)10-6(4)8/h2-3,9H2,1H3,(H2,8,10,11)/b7-4+. The van der Waals surface area contributed by atoms with Crippen LogP contribution in [0.15, 0.2) is 11.5 Å². The molecule has 1 aliphatic rings. The van der Waals surface area contributed by atoms with E-state index in [1.54, 1.807) is 0 Å². The number of piperidine rings is 1. The van der Waals surface area contributed by atoms with Crippen molar-refractivity contribution in [3.63, 3.8) is 0 Å². The van der Waals surface area contributed by atoms with Crippen molar-refractivity contribution in [2.45, 2.75) is 12.8 Å². The SMILES string of the molecule is CO/C(N)=C1\CCC(=O)NC1=N.